The van der Waals surface area contributed by atoms with Crippen LogP contribution in [0.1, 0.15) is 21.5 Å². The third kappa shape index (κ3) is 5.95. The summed E-state index contributed by atoms with van der Waals surface area (Å²) < 4.78 is 28.2. The summed E-state index contributed by atoms with van der Waals surface area (Å²) in [6, 6.07) is 31.1. The van der Waals surface area contributed by atoms with Crippen LogP contribution in [0.3, 0.4) is 0 Å². The van der Waals surface area contributed by atoms with Crippen molar-refractivity contribution < 1.29 is 13.2 Å². The molecule has 0 atom stereocenters. The number of hydrogen-bond donors (Lipinski definition) is 1. The predicted molar refractivity (Wildman–Crippen MR) is 139 cm³/mol. The van der Waals surface area contributed by atoms with E-state index in [-0.39, 0.29) is 11.4 Å². The Labute approximate surface area is 209 Å². The predicted octanol–water partition coefficient (Wildman–Crippen LogP) is 5.50. The van der Waals surface area contributed by atoms with Gasteiger partial charge in [-0.05, 0) is 48.0 Å². The smallest absolute Gasteiger partial charge is 0.267 e. The number of amides is 1. The van der Waals surface area contributed by atoms with Crippen molar-refractivity contribution in [2.45, 2.75) is 11.4 Å². The molecule has 0 saturated carbocycles. The first-order valence-corrected chi connectivity index (χ1v) is 12.6. The number of rotatable bonds is 8. The molecule has 0 aliphatic heterocycles. The first kappa shape index (κ1) is 24.2. The second-order valence-electron chi connectivity index (χ2n) is 7.58. The van der Waals surface area contributed by atoms with Crippen molar-refractivity contribution in [1.29, 1.82) is 0 Å². The van der Waals surface area contributed by atoms with Crippen molar-refractivity contribution in [1.82, 2.24) is 5.43 Å². The van der Waals surface area contributed by atoms with Crippen molar-refractivity contribution in [3.63, 3.8) is 0 Å². The molecule has 0 heterocycles. The zero-order valence-electron chi connectivity index (χ0n) is 18.6. The van der Waals surface area contributed by atoms with Crippen LogP contribution in [0.4, 0.5) is 5.69 Å². The van der Waals surface area contributed by atoms with E-state index in [0.29, 0.717) is 21.8 Å². The second-order valence-corrected chi connectivity index (χ2v) is 9.85. The molecule has 0 aliphatic rings. The molecule has 4 aromatic carbocycles. The monoisotopic (exact) mass is 503 g/mol. The molecule has 4 rings (SSSR count). The van der Waals surface area contributed by atoms with E-state index in [0.717, 1.165) is 5.56 Å². The summed E-state index contributed by atoms with van der Waals surface area (Å²) in [7, 11) is -3.80. The number of hydrazone groups is 1. The molecule has 0 spiro atoms. The molecule has 0 bridgehead atoms. The van der Waals surface area contributed by atoms with Gasteiger partial charge in [-0.25, -0.2) is 13.8 Å². The molecule has 0 unspecified atom stereocenters. The highest BCUT2D eigenvalue weighted by atomic mass is 35.5. The van der Waals surface area contributed by atoms with Crippen LogP contribution in [0.5, 0.6) is 0 Å². The van der Waals surface area contributed by atoms with Gasteiger partial charge in [0.15, 0.2) is 0 Å². The molecule has 0 saturated heterocycles. The highest BCUT2D eigenvalue weighted by molar-refractivity contribution is 7.92. The number of benzene rings is 4. The van der Waals surface area contributed by atoms with Crippen LogP contribution in [0.25, 0.3) is 0 Å². The molecular weight excluding hydrogens is 482 g/mol. The molecule has 1 N–H and O–H groups in total. The Morgan fingerprint density at radius 2 is 1.43 bits per heavy atom. The topological polar surface area (TPSA) is 78.8 Å². The summed E-state index contributed by atoms with van der Waals surface area (Å²) in [5, 5.41) is 4.49. The summed E-state index contributed by atoms with van der Waals surface area (Å²) in [5.74, 6) is -0.392. The maximum absolute atomic E-state index is 13.4. The van der Waals surface area contributed by atoms with E-state index in [2.05, 4.69) is 10.5 Å². The Balaban J connectivity index is 1.51. The van der Waals surface area contributed by atoms with Gasteiger partial charge in [-0.15, -0.1) is 0 Å². The maximum atomic E-state index is 13.4. The molecule has 0 fully saturated rings. The molecule has 176 valence electrons. The van der Waals surface area contributed by atoms with E-state index in [1.165, 1.54) is 10.5 Å². The fourth-order valence-corrected chi connectivity index (χ4v) is 5.02. The van der Waals surface area contributed by atoms with Crippen molar-refractivity contribution in [2.24, 2.45) is 5.10 Å². The summed E-state index contributed by atoms with van der Waals surface area (Å²) in [6.45, 7) is 0.105. The first-order chi connectivity index (χ1) is 16.9. The van der Waals surface area contributed by atoms with Crippen molar-refractivity contribution in [3.8, 4) is 0 Å². The van der Waals surface area contributed by atoms with Crippen molar-refractivity contribution in [3.05, 3.63) is 131 Å². The van der Waals surface area contributed by atoms with Crippen molar-refractivity contribution >= 4 is 39.4 Å². The van der Waals surface area contributed by atoms with Gasteiger partial charge < -0.3 is 0 Å². The van der Waals surface area contributed by atoms with Crippen molar-refractivity contribution in [2.75, 3.05) is 4.31 Å². The minimum absolute atomic E-state index is 0.105. The van der Waals surface area contributed by atoms with E-state index >= 15 is 0 Å². The SMILES string of the molecule is O=C(N/N=C/c1ccccc1Cl)c1ccc(CN(c2ccccc2)S(=O)(=O)c2ccccc2)cc1. The van der Waals surface area contributed by atoms with Gasteiger partial charge in [0.05, 0.1) is 23.3 Å². The summed E-state index contributed by atoms with van der Waals surface area (Å²) >= 11 is 6.08. The van der Waals surface area contributed by atoms with Gasteiger partial charge in [0.25, 0.3) is 15.9 Å². The normalized spacial score (nSPS) is 11.3. The van der Waals surface area contributed by atoms with Crippen LogP contribution in [0, 0.1) is 0 Å². The lowest BCUT2D eigenvalue weighted by molar-refractivity contribution is 0.0955. The molecule has 4 aromatic rings. The van der Waals surface area contributed by atoms with Gasteiger partial charge in [0.1, 0.15) is 0 Å². The lowest BCUT2D eigenvalue weighted by Crippen LogP contribution is -2.30. The van der Waals surface area contributed by atoms with E-state index in [1.807, 2.05) is 18.2 Å². The lowest BCUT2D eigenvalue weighted by Gasteiger charge is -2.24. The highest BCUT2D eigenvalue weighted by Gasteiger charge is 2.25. The van der Waals surface area contributed by atoms with Gasteiger partial charge in [0.2, 0.25) is 0 Å². The summed E-state index contributed by atoms with van der Waals surface area (Å²) in [4.78, 5) is 12.7. The van der Waals surface area contributed by atoms with E-state index < -0.39 is 15.9 Å². The van der Waals surface area contributed by atoms with Crippen LogP contribution >= 0.6 is 11.6 Å². The first-order valence-electron chi connectivity index (χ1n) is 10.7. The Hall–Kier alpha value is -3.94. The van der Waals surface area contributed by atoms with Gasteiger partial charge in [-0.3, -0.25) is 9.10 Å². The van der Waals surface area contributed by atoms with Crippen LogP contribution < -0.4 is 9.73 Å². The minimum atomic E-state index is -3.80. The number of anilines is 1. The Kier molecular flexibility index (Phi) is 7.60. The largest absolute Gasteiger partial charge is 0.271 e. The fourth-order valence-electron chi connectivity index (χ4n) is 3.36. The van der Waals surface area contributed by atoms with Crippen LogP contribution in [-0.4, -0.2) is 20.5 Å². The molecular formula is C27H22ClN3O3S. The molecule has 0 aromatic heterocycles. The number of para-hydroxylation sites is 1. The average molecular weight is 504 g/mol. The Morgan fingerprint density at radius 1 is 0.829 bits per heavy atom. The zero-order chi connectivity index (χ0) is 24.7. The Bertz CT molecular complexity index is 1430. The number of sulfonamides is 1. The van der Waals surface area contributed by atoms with Crippen LogP contribution in [-0.2, 0) is 16.6 Å². The highest BCUT2D eigenvalue weighted by Crippen LogP contribution is 2.26. The second kappa shape index (κ2) is 11.0. The lowest BCUT2D eigenvalue weighted by atomic mass is 10.1. The molecule has 35 heavy (non-hydrogen) atoms. The zero-order valence-corrected chi connectivity index (χ0v) is 20.2. The molecule has 0 radical (unpaired) electrons. The number of halogens is 1. The van der Waals surface area contributed by atoms with E-state index in [9.17, 15) is 13.2 Å². The number of carbonyl (C=O) groups excluding carboxylic acids is 1. The van der Waals surface area contributed by atoms with E-state index in [4.69, 9.17) is 11.6 Å². The summed E-state index contributed by atoms with van der Waals surface area (Å²) in [6.07, 6.45) is 1.47. The minimum Gasteiger partial charge on any atom is -0.267 e. The summed E-state index contributed by atoms with van der Waals surface area (Å²) in [5.41, 5.74) is 4.82. The van der Waals surface area contributed by atoms with Crippen LogP contribution in [0.15, 0.2) is 119 Å². The molecule has 8 heteroatoms. The van der Waals surface area contributed by atoms with E-state index in [1.54, 1.807) is 91.0 Å². The van der Waals surface area contributed by atoms with Crippen LogP contribution in [0.2, 0.25) is 5.02 Å². The van der Waals surface area contributed by atoms with Gasteiger partial charge >= 0.3 is 0 Å². The molecule has 1 amide bonds. The third-order valence-electron chi connectivity index (χ3n) is 5.19. The van der Waals surface area contributed by atoms with Gasteiger partial charge in [-0.1, -0.05) is 78.3 Å². The Morgan fingerprint density at radius 3 is 2.09 bits per heavy atom. The molecule has 0 aliphatic carbocycles. The standard InChI is InChI=1S/C27H22ClN3O3S/c28-26-14-8-7-9-23(26)19-29-30-27(32)22-17-15-21(16-18-22)20-31(24-10-3-1-4-11-24)35(33,34)25-12-5-2-6-13-25/h1-19H,20H2,(H,30,32)/b29-19+. The fraction of sp³-hybridized carbons (Fsp3) is 0.0370. The molecule has 6 nitrogen and oxygen atoms in total. The van der Waals surface area contributed by atoms with Gasteiger partial charge in [0, 0.05) is 16.1 Å². The maximum Gasteiger partial charge on any atom is 0.271 e. The number of nitrogens with zero attached hydrogens (tertiary/aromatic N) is 2. The van der Waals surface area contributed by atoms with Gasteiger partial charge in [-0.2, -0.15) is 5.10 Å². The number of hydrogen-bond acceptors (Lipinski definition) is 4. The third-order valence-corrected chi connectivity index (χ3v) is 7.32. The quantitative estimate of drug-likeness (QED) is 0.255. The average Bonchev–Trinajstić information content (AvgIpc) is 2.89. The number of carbonyl (C=O) groups is 1. The number of nitrogens with one attached hydrogen (secondary N) is 1.